The predicted octanol–water partition coefficient (Wildman–Crippen LogP) is 4.47. The maximum Gasteiger partial charge on any atom is 0.343 e. The first-order valence-corrected chi connectivity index (χ1v) is 11.0. The highest BCUT2D eigenvalue weighted by molar-refractivity contribution is 9.10. The van der Waals surface area contributed by atoms with Gasteiger partial charge in [0.2, 0.25) is 5.75 Å². The molecule has 0 radical (unpaired) electrons. The first-order valence-electron chi connectivity index (χ1n) is 10.2. The molecule has 0 saturated heterocycles. The highest BCUT2D eigenvalue weighted by Gasteiger charge is 2.19. The summed E-state index contributed by atoms with van der Waals surface area (Å²) in [5, 5.41) is 4.00. The van der Waals surface area contributed by atoms with Crippen LogP contribution < -0.4 is 29.1 Å². The van der Waals surface area contributed by atoms with Gasteiger partial charge in [-0.3, -0.25) is 4.79 Å². The number of nitrogens with one attached hydrogen (secondary N) is 1. The Morgan fingerprint density at radius 2 is 1.46 bits per heavy atom. The fraction of sp³-hybridized carbons (Fsp3) is 0.160. The molecule has 9 nitrogen and oxygen atoms in total. The first-order chi connectivity index (χ1) is 16.9. The number of halogens is 1. The number of amides is 1. The molecule has 182 valence electrons. The zero-order valence-corrected chi connectivity index (χ0v) is 21.0. The summed E-state index contributed by atoms with van der Waals surface area (Å²) in [5.74, 6) is 0.802. The molecular weight excluding hydrogens is 520 g/mol. The average molecular weight is 543 g/mol. The van der Waals surface area contributed by atoms with Crippen LogP contribution in [0.3, 0.4) is 0 Å². The normalized spacial score (nSPS) is 10.5. The molecule has 0 atom stereocenters. The minimum absolute atomic E-state index is 0.193. The lowest BCUT2D eigenvalue weighted by Crippen LogP contribution is -2.17. The van der Waals surface area contributed by atoms with E-state index < -0.39 is 11.9 Å². The second-order valence-corrected chi connectivity index (χ2v) is 7.83. The Morgan fingerprint density at radius 3 is 2.03 bits per heavy atom. The molecule has 0 heterocycles. The van der Waals surface area contributed by atoms with E-state index in [9.17, 15) is 9.59 Å². The molecule has 0 aliphatic carbocycles. The summed E-state index contributed by atoms with van der Waals surface area (Å²) >= 11 is 3.38. The Hall–Kier alpha value is -4.05. The molecule has 1 amide bonds. The Kier molecular flexibility index (Phi) is 8.69. The SMILES string of the molecule is COc1ccc(C(=O)N/N=C\c2cc(Br)ccc2OC(=O)c2cc(OC)c(OC)c(OC)c2)cc1. The number of methoxy groups -OCH3 is 4. The fourth-order valence-corrected chi connectivity index (χ4v) is 3.42. The molecule has 0 bridgehead atoms. The number of hydrazone groups is 1. The fourth-order valence-electron chi connectivity index (χ4n) is 3.04. The van der Waals surface area contributed by atoms with Gasteiger partial charge in [-0.1, -0.05) is 15.9 Å². The Balaban J connectivity index is 1.79. The van der Waals surface area contributed by atoms with Crippen LogP contribution in [0.4, 0.5) is 0 Å². The summed E-state index contributed by atoms with van der Waals surface area (Å²) < 4.78 is 27.3. The van der Waals surface area contributed by atoms with Crippen LogP contribution in [0.5, 0.6) is 28.7 Å². The van der Waals surface area contributed by atoms with Crippen molar-refractivity contribution in [3.63, 3.8) is 0 Å². The van der Waals surface area contributed by atoms with Crippen LogP contribution in [0.15, 0.2) is 64.2 Å². The molecule has 0 spiro atoms. The Morgan fingerprint density at radius 1 is 0.800 bits per heavy atom. The molecule has 1 N–H and O–H groups in total. The first kappa shape index (κ1) is 25.6. The van der Waals surface area contributed by atoms with Crippen LogP contribution in [0, 0.1) is 0 Å². The number of carbonyl (C=O) groups excluding carboxylic acids is 2. The number of nitrogens with zero attached hydrogens (tertiary/aromatic N) is 1. The maximum absolute atomic E-state index is 12.9. The number of rotatable bonds is 9. The van der Waals surface area contributed by atoms with Crippen LogP contribution in [0.2, 0.25) is 0 Å². The minimum Gasteiger partial charge on any atom is -0.497 e. The highest BCUT2D eigenvalue weighted by atomic mass is 79.9. The number of esters is 1. The third-order valence-electron chi connectivity index (χ3n) is 4.80. The third kappa shape index (κ3) is 6.30. The molecule has 10 heteroatoms. The van der Waals surface area contributed by atoms with E-state index in [2.05, 4.69) is 26.5 Å². The van der Waals surface area contributed by atoms with Crippen molar-refractivity contribution in [2.45, 2.75) is 0 Å². The maximum atomic E-state index is 12.9. The van der Waals surface area contributed by atoms with Gasteiger partial charge >= 0.3 is 5.97 Å². The minimum atomic E-state index is -0.650. The standard InChI is InChI=1S/C25H23BrN2O7/c1-31-19-8-5-15(6-9-19)24(29)28-27-14-17-11-18(26)7-10-20(17)35-25(30)16-12-21(32-2)23(34-4)22(13-16)33-3/h5-14H,1-4H3,(H,28,29)/b27-14-. The second kappa shape index (κ2) is 11.9. The highest BCUT2D eigenvalue weighted by Crippen LogP contribution is 2.38. The van der Waals surface area contributed by atoms with Gasteiger partial charge in [-0.05, 0) is 54.6 Å². The number of ether oxygens (including phenoxy) is 5. The summed E-state index contributed by atoms with van der Waals surface area (Å²) in [5.41, 5.74) is 3.50. The van der Waals surface area contributed by atoms with E-state index >= 15 is 0 Å². The lowest BCUT2D eigenvalue weighted by atomic mass is 10.1. The van der Waals surface area contributed by atoms with E-state index in [1.165, 1.54) is 39.7 Å². The molecule has 0 aromatic heterocycles. The van der Waals surface area contributed by atoms with Crippen molar-refractivity contribution in [2.24, 2.45) is 5.10 Å². The average Bonchev–Trinajstić information content (AvgIpc) is 2.88. The van der Waals surface area contributed by atoms with E-state index in [1.54, 1.807) is 49.6 Å². The van der Waals surface area contributed by atoms with Crippen LogP contribution >= 0.6 is 15.9 Å². The van der Waals surface area contributed by atoms with Gasteiger partial charge in [0.25, 0.3) is 5.91 Å². The van der Waals surface area contributed by atoms with E-state index in [1.807, 2.05) is 0 Å². The molecule has 0 fully saturated rings. The van der Waals surface area contributed by atoms with Gasteiger partial charge in [-0.2, -0.15) is 5.10 Å². The van der Waals surface area contributed by atoms with E-state index in [0.717, 1.165) is 4.47 Å². The topological polar surface area (TPSA) is 105 Å². The van der Waals surface area contributed by atoms with Gasteiger partial charge in [0.15, 0.2) is 11.5 Å². The van der Waals surface area contributed by atoms with Gasteiger partial charge in [0.1, 0.15) is 11.5 Å². The molecule has 0 aliphatic heterocycles. The lowest BCUT2D eigenvalue weighted by Gasteiger charge is -2.14. The summed E-state index contributed by atoms with van der Waals surface area (Å²) in [6.45, 7) is 0. The monoisotopic (exact) mass is 542 g/mol. The number of hydrogen-bond acceptors (Lipinski definition) is 8. The molecule has 0 unspecified atom stereocenters. The smallest absolute Gasteiger partial charge is 0.343 e. The van der Waals surface area contributed by atoms with Crippen LogP contribution in [-0.2, 0) is 0 Å². The van der Waals surface area contributed by atoms with Gasteiger partial charge in [-0.25, -0.2) is 10.2 Å². The van der Waals surface area contributed by atoms with Crippen LogP contribution in [-0.4, -0.2) is 46.5 Å². The zero-order valence-electron chi connectivity index (χ0n) is 19.5. The van der Waals surface area contributed by atoms with Gasteiger partial charge in [0.05, 0.1) is 40.2 Å². The quantitative estimate of drug-likeness (QED) is 0.184. The van der Waals surface area contributed by atoms with E-state index in [4.69, 9.17) is 23.7 Å². The second-order valence-electron chi connectivity index (χ2n) is 6.91. The van der Waals surface area contributed by atoms with Gasteiger partial charge in [0, 0.05) is 15.6 Å². The largest absolute Gasteiger partial charge is 0.497 e. The van der Waals surface area contributed by atoms with Gasteiger partial charge in [-0.15, -0.1) is 0 Å². The molecular formula is C25H23BrN2O7. The number of benzene rings is 3. The van der Waals surface area contributed by atoms with Crippen molar-refractivity contribution < 1.29 is 33.3 Å². The molecule has 0 aliphatic rings. The van der Waals surface area contributed by atoms with Crippen LogP contribution in [0.1, 0.15) is 26.3 Å². The molecule has 3 rings (SSSR count). The number of hydrogen-bond donors (Lipinski definition) is 1. The van der Waals surface area contributed by atoms with Crippen molar-refractivity contribution in [1.82, 2.24) is 5.43 Å². The molecule has 35 heavy (non-hydrogen) atoms. The van der Waals surface area contributed by atoms with Crippen LogP contribution in [0.25, 0.3) is 0 Å². The predicted molar refractivity (Wildman–Crippen MR) is 133 cm³/mol. The van der Waals surface area contributed by atoms with Crippen molar-refractivity contribution in [3.05, 3.63) is 75.8 Å². The van der Waals surface area contributed by atoms with E-state index in [0.29, 0.717) is 34.1 Å². The number of carbonyl (C=O) groups is 2. The van der Waals surface area contributed by atoms with Crippen molar-refractivity contribution in [1.29, 1.82) is 0 Å². The zero-order chi connectivity index (χ0) is 25.4. The summed E-state index contributed by atoms with van der Waals surface area (Å²) in [6, 6.07) is 14.6. The van der Waals surface area contributed by atoms with E-state index in [-0.39, 0.29) is 11.3 Å². The third-order valence-corrected chi connectivity index (χ3v) is 5.29. The molecule has 0 saturated carbocycles. The van der Waals surface area contributed by atoms with Crippen molar-refractivity contribution >= 4 is 34.0 Å². The molecule has 3 aromatic rings. The summed E-state index contributed by atoms with van der Waals surface area (Å²) in [4.78, 5) is 25.2. The summed E-state index contributed by atoms with van der Waals surface area (Å²) in [6.07, 6.45) is 1.38. The van der Waals surface area contributed by atoms with Crippen molar-refractivity contribution in [3.8, 4) is 28.7 Å². The Labute approximate surface area is 210 Å². The summed E-state index contributed by atoms with van der Waals surface area (Å²) in [7, 11) is 5.93. The lowest BCUT2D eigenvalue weighted by molar-refractivity contribution is 0.0733. The van der Waals surface area contributed by atoms with Gasteiger partial charge < -0.3 is 23.7 Å². The Bertz CT molecular complexity index is 1220. The van der Waals surface area contributed by atoms with Crippen molar-refractivity contribution in [2.75, 3.05) is 28.4 Å². The molecule has 3 aromatic carbocycles.